The van der Waals surface area contributed by atoms with Crippen molar-refractivity contribution in [2.45, 2.75) is 51.7 Å². The third-order valence-corrected chi connectivity index (χ3v) is 7.45. The molecule has 170 valence electrons. The molecular formula is C24H35N3O4. The van der Waals surface area contributed by atoms with Gasteiger partial charge in [-0.1, -0.05) is 13.8 Å². The lowest BCUT2D eigenvalue weighted by Crippen LogP contribution is -2.66. The number of ether oxygens (including phenoxy) is 2. The van der Waals surface area contributed by atoms with Crippen molar-refractivity contribution in [2.24, 2.45) is 17.8 Å². The van der Waals surface area contributed by atoms with Crippen LogP contribution in [-0.2, 0) is 4.79 Å². The van der Waals surface area contributed by atoms with E-state index in [1.54, 1.807) is 25.3 Å². The molecule has 5 rings (SSSR count). The summed E-state index contributed by atoms with van der Waals surface area (Å²) in [6.07, 6.45) is 4.38. The normalized spacial score (nSPS) is 28.8. The Morgan fingerprint density at radius 1 is 1.32 bits per heavy atom. The van der Waals surface area contributed by atoms with E-state index < -0.39 is 5.72 Å². The Morgan fingerprint density at radius 3 is 2.81 bits per heavy atom. The van der Waals surface area contributed by atoms with Crippen LogP contribution in [0.5, 0.6) is 11.5 Å². The number of fused-ring (bicyclic) bond motifs is 3. The van der Waals surface area contributed by atoms with Gasteiger partial charge in [-0.05, 0) is 63.4 Å². The molecule has 1 aliphatic heterocycles. The lowest BCUT2D eigenvalue weighted by Gasteiger charge is -2.55. The van der Waals surface area contributed by atoms with Gasteiger partial charge in [0.15, 0.2) is 5.72 Å². The standard InChI is InChI=1S/C24H35N3O4/c1-4-27(5-2)12-6-11-25-22(28)20-13-17-8-7-16(20)15-24(17)26-23(29)19-10-9-18(30-3)14-21(19)31-24/h9-10,14,16-17,20H,4-8,11-13,15H2,1-3H3,(H,25,28)(H,26,29)/t16-,17-,20+,24+/m1/s1. The Morgan fingerprint density at radius 2 is 2.13 bits per heavy atom. The van der Waals surface area contributed by atoms with Gasteiger partial charge in [-0.2, -0.15) is 0 Å². The van der Waals surface area contributed by atoms with Crippen molar-refractivity contribution in [1.29, 1.82) is 0 Å². The number of carbonyl (C=O) groups is 2. The van der Waals surface area contributed by atoms with Gasteiger partial charge in [0.2, 0.25) is 5.91 Å². The van der Waals surface area contributed by atoms with E-state index in [-0.39, 0.29) is 29.6 Å². The summed E-state index contributed by atoms with van der Waals surface area (Å²) >= 11 is 0. The molecule has 3 fully saturated rings. The fraction of sp³-hybridized carbons (Fsp3) is 0.667. The number of rotatable bonds is 8. The zero-order valence-electron chi connectivity index (χ0n) is 18.9. The van der Waals surface area contributed by atoms with E-state index in [2.05, 4.69) is 29.4 Å². The third kappa shape index (κ3) is 4.25. The second kappa shape index (κ2) is 9.07. The lowest BCUT2D eigenvalue weighted by molar-refractivity contribution is -0.146. The second-order valence-corrected chi connectivity index (χ2v) is 9.06. The van der Waals surface area contributed by atoms with Gasteiger partial charge < -0.3 is 25.0 Å². The first kappa shape index (κ1) is 21.9. The molecule has 3 saturated carbocycles. The fourth-order valence-electron chi connectivity index (χ4n) is 5.62. The maximum absolute atomic E-state index is 12.9. The minimum absolute atomic E-state index is 0.00466. The smallest absolute Gasteiger partial charge is 0.258 e. The van der Waals surface area contributed by atoms with Crippen molar-refractivity contribution in [1.82, 2.24) is 15.5 Å². The Balaban J connectivity index is 1.39. The molecule has 0 radical (unpaired) electrons. The largest absolute Gasteiger partial charge is 0.497 e. The summed E-state index contributed by atoms with van der Waals surface area (Å²) < 4.78 is 11.7. The molecule has 1 aromatic carbocycles. The SMILES string of the molecule is CCN(CC)CCCNC(=O)[C@H]1C[C@H]2CC[C@@H]1C[C@@]21NC(=O)c2ccc(OC)cc2O1. The van der Waals surface area contributed by atoms with Crippen LogP contribution in [0.25, 0.3) is 0 Å². The van der Waals surface area contributed by atoms with E-state index in [1.807, 2.05) is 0 Å². The van der Waals surface area contributed by atoms with Gasteiger partial charge in [-0.25, -0.2) is 0 Å². The van der Waals surface area contributed by atoms with Gasteiger partial charge in [0.05, 0.1) is 12.7 Å². The molecule has 3 aliphatic carbocycles. The minimum atomic E-state index is -0.709. The highest BCUT2D eigenvalue weighted by atomic mass is 16.5. The quantitative estimate of drug-likeness (QED) is 0.621. The summed E-state index contributed by atoms with van der Waals surface area (Å²) in [5.74, 6) is 1.67. The monoisotopic (exact) mass is 429 g/mol. The molecule has 31 heavy (non-hydrogen) atoms. The number of nitrogens with one attached hydrogen (secondary N) is 2. The van der Waals surface area contributed by atoms with Gasteiger partial charge >= 0.3 is 0 Å². The van der Waals surface area contributed by atoms with Crippen LogP contribution in [-0.4, -0.2) is 55.7 Å². The van der Waals surface area contributed by atoms with Crippen molar-refractivity contribution in [3.63, 3.8) is 0 Å². The van der Waals surface area contributed by atoms with Crippen LogP contribution >= 0.6 is 0 Å². The lowest BCUT2D eigenvalue weighted by atomic mass is 9.60. The first-order chi connectivity index (χ1) is 15.0. The number of benzene rings is 1. The van der Waals surface area contributed by atoms with Gasteiger partial charge in [-0.15, -0.1) is 0 Å². The number of amides is 2. The van der Waals surface area contributed by atoms with Crippen molar-refractivity contribution < 1.29 is 19.1 Å². The first-order valence-corrected chi connectivity index (χ1v) is 11.7. The molecule has 0 aromatic heterocycles. The van der Waals surface area contributed by atoms with Crippen molar-refractivity contribution in [2.75, 3.05) is 33.3 Å². The molecule has 4 aliphatic rings. The van der Waals surface area contributed by atoms with Crippen LogP contribution in [0.2, 0.25) is 0 Å². The number of nitrogens with zero attached hydrogens (tertiary/aromatic N) is 1. The summed E-state index contributed by atoms with van der Waals surface area (Å²) in [4.78, 5) is 28.1. The predicted molar refractivity (Wildman–Crippen MR) is 118 cm³/mol. The highest BCUT2D eigenvalue weighted by Crippen LogP contribution is 2.52. The van der Waals surface area contributed by atoms with E-state index in [0.717, 1.165) is 51.9 Å². The van der Waals surface area contributed by atoms with Gasteiger partial charge in [0.25, 0.3) is 5.91 Å². The zero-order chi connectivity index (χ0) is 22.0. The predicted octanol–water partition coefficient (Wildman–Crippen LogP) is 2.80. The fourth-order valence-corrected chi connectivity index (χ4v) is 5.62. The maximum atomic E-state index is 12.9. The first-order valence-electron chi connectivity index (χ1n) is 11.7. The van der Waals surface area contributed by atoms with Gasteiger partial charge in [0, 0.05) is 30.9 Å². The Bertz CT molecular complexity index is 825. The molecule has 1 spiro atoms. The molecule has 1 heterocycles. The Kier molecular flexibility index (Phi) is 6.42. The average Bonchev–Trinajstić information content (AvgIpc) is 2.78. The average molecular weight is 430 g/mol. The molecule has 2 N–H and O–H groups in total. The van der Waals surface area contributed by atoms with Crippen LogP contribution in [0, 0.1) is 17.8 Å². The molecule has 4 atom stereocenters. The Labute approximate surface area is 184 Å². The van der Waals surface area contributed by atoms with Crippen LogP contribution < -0.4 is 20.1 Å². The highest BCUT2D eigenvalue weighted by molar-refractivity contribution is 5.98. The zero-order valence-corrected chi connectivity index (χ0v) is 18.9. The van der Waals surface area contributed by atoms with Crippen LogP contribution in [0.3, 0.4) is 0 Å². The third-order valence-electron chi connectivity index (χ3n) is 7.45. The topological polar surface area (TPSA) is 79.9 Å². The van der Waals surface area contributed by atoms with Gasteiger partial charge in [0.1, 0.15) is 11.5 Å². The summed E-state index contributed by atoms with van der Waals surface area (Å²) in [6, 6.07) is 5.30. The maximum Gasteiger partial charge on any atom is 0.258 e. The van der Waals surface area contributed by atoms with Crippen molar-refractivity contribution in [3.8, 4) is 11.5 Å². The van der Waals surface area contributed by atoms with Crippen molar-refractivity contribution in [3.05, 3.63) is 23.8 Å². The second-order valence-electron chi connectivity index (χ2n) is 9.06. The molecule has 2 bridgehead atoms. The number of hydrogen-bond donors (Lipinski definition) is 2. The van der Waals surface area contributed by atoms with E-state index >= 15 is 0 Å². The van der Waals surface area contributed by atoms with E-state index in [4.69, 9.17) is 9.47 Å². The minimum Gasteiger partial charge on any atom is -0.497 e. The van der Waals surface area contributed by atoms with Crippen LogP contribution in [0.1, 0.15) is 56.3 Å². The summed E-state index contributed by atoms with van der Waals surface area (Å²) in [6.45, 7) is 8.14. The van der Waals surface area contributed by atoms with Crippen molar-refractivity contribution >= 4 is 11.8 Å². The molecule has 2 amide bonds. The van der Waals surface area contributed by atoms with Gasteiger partial charge in [-0.3, -0.25) is 9.59 Å². The van der Waals surface area contributed by atoms with E-state index in [9.17, 15) is 9.59 Å². The molecule has 7 nitrogen and oxygen atoms in total. The summed E-state index contributed by atoms with van der Waals surface area (Å²) in [7, 11) is 1.61. The summed E-state index contributed by atoms with van der Waals surface area (Å²) in [5.41, 5.74) is -0.172. The molecule has 0 saturated heterocycles. The van der Waals surface area contributed by atoms with E-state index in [1.165, 1.54) is 0 Å². The van der Waals surface area contributed by atoms with Crippen LogP contribution in [0.4, 0.5) is 0 Å². The van der Waals surface area contributed by atoms with E-state index in [0.29, 0.717) is 23.5 Å². The van der Waals surface area contributed by atoms with Crippen LogP contribution in [0.15, 0.2) is 18.2 Å². The molecular weight excluding hydrogens is 394 g/mol. The number of hydrogen-bond acceptors (Lipinski definition) is 5. The summed E-state index contributed by atoms with van der Waals surface area (Å²) in [5, 5.41) is 6.32. The molecule has 7 heteroatoms. The molecule has 0 unspecified atom stereocenters. The molecule has 1 aromatic rings. The Hall–Kier alpha value is -2.28. The number of carbonyl (C=O) groups excluding carboxylic acids is 2. The highest BCUT2D eigenvalue weighted by Gasteiger charge is 2.57. The number of methoxy groups -OCH3 is 1.